The van der Waals surface area contributed by atoms with Crippen LogP contribution in [0, 0.1) is 20.2 Å². The normalized spacial score (nSPS) is 10.7. The van der Waals surface area contributed by atoms with Crippen molar-refractivity contribution in [3.05, 3.63) is 89.3 Å². The summed E-state index contributed by atoms with van der Waals surface area (Å²) in [7, 11) is 0. The molecule has 0 bridgehead atoms. The fourth-order valence-electron chi connectivity index (χ4n) is 2.67. The van der Waals surface area contributed by atoms with Crippen LogP contribution >= 0.6 is 62.1 Å². The van der Waals surface area contributed by atoms with Crippen LogP contribution in [0.4, 0.5) is 11.4 Å². The largest absolute Gasteiger partial charge is 0.501 e. The number of fused-ring (bicyclic) bond motifs is 2. The number of pyridine rings is 2. The number of hydrogen-bond acceptors (Lipinski definition) is 8. The van der Waals surface area contributed by atoms with E-state index in [0.717, 1.165) is 0 Å². The van der Waals surface area contributed by atoms with Gasteiger partial charge in [-0.15, -0.1) is 0 Å². The molecule has 0 unspecified atom stereocenters. The molecule has 0 atom stereocenters. The summed E-state index contributed by atoms with van der Waals surface area (Å²) in [5.41, 5.74) is -1.18. The minimum Gasteiger partial charge on any atom is -0.501 e. The number of aromatic nitrogens is 2. The van der Waals surface area contributed by atoms with Crippen molar-refractivity contribution >= 4 is 95.3 Å². The van der Waals surface area contributed by atoms with E-state index >= 15 is 0 Å². The maximum absolute atomic E-state index is 11.2. The van der Waals surface area contributed by atoms with Crippen molar-refractivity contribution in [3.8, 4) is 5.75 Å². The molecular weight excluding hydrogens is 592 g/mol. The number of nitro groups is 2. The van der Waals surface area contributed by atoms with Crippen LogP contribution in [-0.4, -0.2) is 24.9 Å². The van der Waals surface area contributed by atoms with Crippen molar-refractivity contribution in [2.24, 2.45) is 0 Å². The number of benzene rings is 2. The highest BCUT2D eigenvalue weighted by Crippen LogP contribution is 2.61. The summed E-state index contributed by atoms with van der Waals surface area (Å²) in [5, 5.41) is 28.1. The summed E-state index contributed by atoms with van der Waals surface area (Å²) in [4.78, 5) is 37.1. The molecule has 0 aliphatic carbocycles. The first-order valence-electron chi connectivity index (χ1n) is 8.77. The van der Waals surface area contributed by atoms with Crippen molar-refractivity contribution in [1.29, 1.82) is 0 Å². The molecule has 2 aromatic carbocycles. The van der Waals surface area contributed by atoms with E-state index in [0.29, 0.717) is 16.4 Å². The lowest BCUT2D eigenvalue weighted by Crippen LogP contribution is -2.11. The number of rotatable bonds is 2. The molecule has 0 aliphatic heterocycles. The number of nitrogens with zero attached hydrogens (tertiary/aromatic N) is 3. The second kappa shape index (κ2) is 11.9. The van der Waals surface area contributed by atoms with Gasteiger partial charge in [-0.25, -0.2) is 4.98 Å². The zero-order chi connectivity index (χ0) is 26.5. The summed E-state index contributed by atoms with van der Waals surface area (Å²) in [6, 6.07) is 13.2. The second-order valence-electron chi connectivity index (χ2n) is 6.19. The predicted molar refractivity (Wildman–Crippen MR) is 136 cm³/mol. The van der Waals surface area contributed by atoms with Crippen LogP contribution in [0.25, 0.3) is 21.8 Å². The Kier molecular flexibility index (Phi) is 9.68. The first-order chi connectivity index (χ1) is 16.2. The Bertz CT molecular complexity index is 1540. The highest BCUT2D eigenvalue weighted by molar-refractivity contribution is 8.24. The van der Waals surface area contributed by atoms with Gasteiger partial charge in [-0.05, 0) is 51.9 Å². The topological polar surface area (TPSA) is 169 Å². The van der Waals surface area contributed by atoms with Gasteiger partial charge in [0, 0.05) is 10.8 Å². The van der Waals surface area contributed by atoms with Gasteiger partial charge in [0.15, 0.2) is 0 Å². The van der Waals surface area contributed by atoms with Crippen LogP contribution in [0.5, 0.6) is 5.75 Å². The highest BCUT2D eigenvalue weighted by Gasteiger charge is 2.22. The van der Waals surface area contributed by atoms with Crippen LogP contribution in [0.2, 0.25) is 10.2 Å². The molecule has 17 heteroatoms. The van der Waals surface area contributed by atoms with Gasteiger partial charge in [-0.2, -0.15) is 0 Å². The van der Waals surface area contributed by atoms with Gasteiger partial charge in [0.25, 0.3) is 0 Å². The Labute approximate surface area is 219 Å². The van der Waals surface area contributed by atoms with E-state index in [-0.39, 0.29) is 21.2 Å². The third kappa shape index (κ3) is 7.66. The number of aromatic amines is 1. The summed E-state index contributed by atoms with van der Waals surface area (Å²) < 4.78 is 9.51. The third-order valence-electron chi connectivity index (χ3n) is 4.00. The molecule has 35 heavy (non-hydrogen) atoms. The van der Waals surface area contributed by atoms with Gasteiger partial charge < -0.3 is 10.1 Å². The van der Waals surface area contributed by atoms with Crippen molar-refractivity contribution < 1.29 is 19.5 Å². The van der Waals surface area contributed by atoms with E-state index in [9.17, 15) is 34.7 Å². The Morgan fingerprint density at radius 3 is 1.91 bits per heavy atom. The summed E-state index contributed by atoms with van der Waals surface area (Å²) in [6.07, 6.45) is 0. The zero-order valence-corrected chi connectivity index (χ0v) is 21.4. The molecule has 4 rings (SSSR count). The molecule has 184 valence electrons. The average Bonchev–Trinajstić information content (AvgIpc) is 2.72. The van der Waals surface area contributed by atoms with Gasteiger partial charge in [0.1, 0.15) is 5.02 Å². The lowest BCUT2D eigenvalue weighted by molar-refractivity contribution is -0.387. The van der Waals surface area contributed by atoms with Crippen LogP contribution in [-0.2, 0) is 4.57 Å². The van der Waals surface area contributed by atoms with Gasteiger partial charge in [-0.3, -0.25) is 29.6 Å². The first-order valence-corrected chi connectivity index (χ1v) is 14.0. The molecule has 0 saturated carbocycles. The van der Waals surface area contributed by atoms with Crippen molar-refractivity contribution in [2.75, 3.05) is 0 Å². The lowest BCUT2D eigenvalue weighted by Gasteiger charge is -2.01. The average molecular weight is 603 g/mol. The summed E-state index contributed by atoms with van der Waals surface area (Å²) in [5.74, 6) is -0.598. The monoisotopic (exact) mass is 600 g/mol. The first kappa shape index (κ1) is 28.6. The van der Waals surface area contributed by atoms with E-state index < -0.39 is 32.0 Å². The van der Waals surface area contributed by atoms with Crippen LogP contribution in [0.3, 0.4) is 0 Å². The number of aromatic hydroxyl groups is 1. The highest BCUT2D eigenvalue weighted by atomic mass is 36.0. The van der Waals surface area contributed by atoms with Gasteiger partial charge in [0.05, 0.1) is 20.9 Å². The molecule has 4 aromatic rings. The second-order valence-corrected chi connectivity index (χ2v) is 13.6. The zero-order valence-electron chi connectivity index (χ0n) is 16.7. The van der Waals surface area contributed by atoms with Gasteiger partial charge in [0.2, 0.25) is 10.9 Å². The standard InChI is InChI=1S/C9H4Cl2N2O2.C9H6N2O4.Cl3OP/c10-7-5-3-1-2-4-6(5)12-9(11)8(7)13(14)15;12-8-5-3-1-2-4-6(5)10-9(13)7(8)11(14)15;1-5(2,3)4/h1-4H;1-4H,(H2,10,12,13);. The minimum atomic E-state index is -3.22. The molecular formula is C18H10Cl5N4O7P. The molecule has 0 saturated heterocycles. The fourth-order valence-corrected chi connectivity index (χ4v) is 3.29. The maximum Gasteiger partial charge on any atom is 0.375 e. The quantitative estimate of drug-likeness (QED) is 0.103. The number of halogens is 5. The van der Waals surface area contributed by atoms with Crippen LogP contribution in [0.1, 0.15) is 0 Å². The molecule has 11 nitrogen and oxygen atoms in total. The molecule has 0 radical (unpaired) electrons. The molecule has 2 heterocycles. The van der Waals surface area contributed by atoms with E-state index in [2.05, 4.69) is 43.7 Å². The summed E-state index contributed by atoms with van der Waals surface area (Å²) >= 11 is 25.4. The number of para-hydroxylation sites is 2. The molecule has 0 aliphatic rings. The minimum absolute atomic E-state index is 0.0237. The SMILES string of the molecule is O=P(Cl)(Cl)Cl.O=[N+]([O-])c1c(Cl)nc2ccccc2c1Cl.O=c1[nH]c2ccccc2c(O)c1[N+](=O)[O-]. The third-order valence-corrected chi connectivity index (χ3v) is 4.64. The number of hydrogen-bond donors (Lipinski definition) is 2. The molecule has 2 N–H and O–H groups in total. The number of nitrogens with one attached hydrogen (secondary N) is 1. The molecule has 0 amide bonds. The van der Waals surface area contributed by atoms with E-state index in [1.165, 1.54) is 6.07 Å². The predicted octanol–water partition coefficient (Wildman–Crippen LogP) is 7.40. The van der Waals surface area contributed by atoms with Crippen molar-refractivity contribution in [3.63, 3.8) is 0 Å². The maximum atomic E-state index is 11.2. The smallest absolute Gasteiger partial charge is 0.375 e. The molecule has 0 spiro atoms. The fraction of sp³-hybridized carbons (Fsp3) is 0. The lowest BCUT2D eigenvalue weighted by atomic mass is 10.2. The Morgan fingerprint density at radius 1 is 0.886 bits per heavy atom. The van der Waals surface area contributed by atoms with Crippen molar-refractivity contribution in [2.45, 2.75) is 0 Å². The Morgan fingerprint density at radius 2 is 1.37 bits per heavy atom. The van der Waals surface area contributed by atoms with E-state index in [4.69, 9.17) is 23.2 Å². The van der Waals surface area contributed by atoms with Crippen LogP contribution in [0.15, 0.2) is 53.3 Å². The van der Waals surface area contributed by atoms with Crippen LogP contribution < -0.4 is 5.56 Å². The Balaban J connectivity index is 0.000000208. The van der Waals surface area contributed by atoms with Gasteiger partial charge in [-0.1, -0.05) is 53.5 Å². The number of H-pyrrole nitrogens is 1. The Hall–Kier alpha value is -2.66. The molecule has 2 aromatic heterocycles. The van der Waals surface area contributed by atoms with Crippen molar-refractivity contribution in [1.82, 2.24) is 9.97 Å². The van der Waals surface area contributed by atoms with E-state index in [1.54, 1.807) is 42.5 Å². The summed E-state index contributed by atoms with van der Waals surface area (Å²) in [6.45, 7) is 0. The van der Waals surface area contributed by atoms with Gasteiger partial charge >= 0.3 is 22.1 Å². The van der Waals surface area contributed by atoms with E-state index in [1.807, 2.05) is 0 Å². The molecule has 0 fully saturated rings.